The van der Waals surface area contributed by atoms with Crippen molar-refractivity contribution in [3.05, 3.63) is 51.6 Å². The van der Waals surface area contributed by atoms with Crippen molar-refractivity contribution >= 4 is 52.1 Å². The summed E-state index contributed by atoms with van der Waals surface area (Å²) in [5, 5.41) is 3.92. The van der Waals surface area contributed by atoms with Crippen molar-refractivity contribution in [3.8, 4) is 0 Å². The summed E-state index contributed by atoms with van der Waals surface area (Å²) in [7, 11) is 0. The third kappa shape index (κ3) is 4.21. The number of nitrogens with zero attached hydrogens (tertiary/aromatic N) is 2. The number of nitrogens with one attached hydrogen (secondary N) is 1. The molecule has 2 fully saturated rings. The lowest BCUT2D eigenvalue weighted by Gasteiger charge is -2.26. The molecular formula is C19H18ClN3O3S. The molecule has 1 amide bonds. The number of furan rings is 1. The van der Waals surface area contributed by atoms with E-state index in [0.29, 0.717) is 34.1 Å². The van der Waals surface area contributed by atoms with Gasteiger partial charge in [0, 0.05) is 30.3 Å². The van der Waals surface area contributed by atoms with Gasteiger partial charge in [0.05, 0.1) is 23.8 Å². The van der Waals surface area contributed by atoms with E-state index in [4.69, 9.17) is 20.8 Å². The number of anilines is 1. The van der Waals surface area contributed by atoms with E-state index in [-0.39, 0.29) is 5.91 Å². The van der Waals surface area contributed by atoms with Gasteiger partial charge in [0.25, 0.3) is 5.91 Å². The fourth-order valence-electron chi connectivity index (χ4n) is 2.80. The third-order valence-corrected chi connectivity index (χ3v) is 5.40. The first-order chi connectivity index (χ1) is 13.1. The maximum atomic E-state index is 12.3. The lowest BCUT2D eigenvalue weighted by molar-refractivity contribution is -0.115. The van der Waals surface area contributed by atoms with Crippen LogP contribution in [0.5, 0.6) is 0 Å². The number of carbonyl (C=O) groups is 1. The highest BCUT2D eigenvalue weighted by atomic mass is 35.5. The Hall–Kier alpha value is -2.22. The largest absolute Gasteiger partial charge is 0.441 e. The highest BCUT2D eigenvalue weighted by Gasteiger charge is 2.25. The van der Waals surface area contributed by atoms with Crippen LogP contribution in [0.4, 0.5) is 11.6 Å². The first-order valence-corrected chi connectivity index (χ1v) is 9.76. The van der Waals surface area contributed by atoms with Crippen LogP contribution in [0.1, 0.15) is 11.3 Å². The van der Waals surface area contributed by atoms with E-state index in [0.717, 1.165) is 30.2 Å². The molecule has 0 radical (unpaired) electrons. The molecule has 4 rings (SSSR count). The van der Waals surface area contributed by atoms with Gasteiger partial charge in [-0.25, -0.2) is 4.99 Å². The Bertz CT molecular complexity index is 932. The average molecular weight is 404 g/mol. The molecule has 8 heteroatoms. The van der Waals surface area contributed by atoms with Gasteiger partial charge in [0.2, 0.25) is 0 Å². The first-order valence-electron chi connectivity index (χ1n) is 8.57. The van der Waals surface area contributed by atoms with E-state index in [1.807, 2.05) is 31.2 Å². The lowest BCUT2D eigenvalue weighted by atomic mass is 10.2. The van der Waals surface area contributed by atoms with E-state index >= 15 is 0 Å². The molecule has 0 unspecified atom stereocenters. The minimum atomic E-state index is -0.192. The monoisotopic (exact) mass is 403 g/mol. The van der Waals surface area contributed by atoms with E-state index in [2.05, 4.69) is 15.2 Å². The number of amidine groups is 1. The van der Waals surface area contributed by atoms with Gasteiger partial charge in [0.15, 0.2) is 11.1 Å². The van der Waals surface area contributed by atoms with Crippen LogP contribution in [0.3, 0.4) is 0 Å². The second kappa shape index (κ2) is 7.80. The summed E-state index contributed by atoms with van der Waals surface area (Å²) in [6.07, 6.45) is 1.73. The highest BCUT2D eigenvalue weighted by Crippen LogP contribution is 2.31. The van der Waals surface area contributed by atoms with Gasteiger partial charge in [0.1, 0.15) is 5.76 Å². The van der Waals surface area contributed by atoms with E-state index < -0.39 is 0 Å². The number of halogens is 1. The lowest BCUT2D eigenvalue weighted by Crippen LogP contribution is -2.35. The summed E-state index contributed by atoms with van der Waals surface area (Å²) in [5.74, 6) is 1.23. The molecule has 2 aliphatic rings. The fraction of sp³-hybridized carbons (Fsp3) is 0.263. The first kappa shape index (κ1) is 18.2. The summed E-state index contributed by atoms with van der Waals surface area (Å²) in [5.41, 5.74) is 1.72. The predicted octanol–water partition coefficient (Wildman–Crippen LogP) is 3.97. The molecule has 2 aromatic rings. The van der Waals surface area contributed by atoms with Crippen molar-refractivity contribution in [1.82, 2.24) is 5.32 Å². The number of rotatable bonds is 3. The highest BCUT2D eigenvalue weighted by molar-refractivity contribution is 8.18. The van der Waals surface area contributed by atoms with Crippen LogP contribution in [-0.4, -0.2) is 37.4 Å². The minimum Gasteiger partial charge on any atom is -0.441 e. The Kier molecular flexibility index (Phi) is 5.24. The number of hydrogen-bond acceptors (Lipinski definition) is 6. The Morgan fingerprint density at radius 1 is 1.26 bits per heavy atom. The molecule has 1 aromatic carbocycles. The SMILES string of the molecule is Cc1ccc(Cl)cc1N=C1NC(=O)/C(=C/c2ccc(N3CCOCC3)o2)S1. The van der Waals surface area contributed by atoms with E-state index in [9.17, 15) is 4.79 Å². The Morgan fingerprint density at radius 2 is 2.07 bits per heavy atom. The Labute approximate surface area is 166 Å². The van der Waals surface area contributed by atoms with Gasteiger partial charge < -0.3 is 19.4 Å². The summed E-state index contributed by atoms with van der Waals surface area (Å²) in [4.78, 5) is 19.4. The normalized spacial score (nSPS) is 20.5. The summed E-state index contributed by atoms with van der Waals surface area (Å²) in [6.45, 7) is 4.93. The zero-order chi connectivity index (χ0) is 18.8. The molecule has 140 valence electrons. The van der Waals surface area contributed by atoms with E-state index in [1.165, 1.54) is 11.8 Å². The second-order valence-corrected chi connectivity index (χ2v) is 7.66. The Morgan fingerprint density at radius 3 is 2.89 bits per heavy atom. The molecule has 0 atom stereocenters. The van der Waals surface area contributed by atoms with Gasteiger partial charge in [-0.1, -0.05) is 17.7 Å². The number of thioether (sulfide) groups is 1. The topological polar surface area (TPSA) is 67.1 Å². The van der Waals surface area contributed by atoms with Crippen LogP contribution in [0.15, 0.2) is 44.6 Å². The predicted molar refractivity (Wildman–Crippen MR) is 109 cm³/mol. The van der Waals surface area contributed by atoms with Gasteiger partial charge in [-0.3, -0.25) is 4.79 Å². The van der Waals surface area contributed by atoms with Crippen molar-refractivity contribution < 1.29 is 13.9 Å². The maximum Gasteiger partial charge on any atom is 0.264 e. The fourth-order valence-corrected chi connectivity index (χ4v) is 3.78. The number of aryl methyl sites for hydroxylation is 1. The van der Waals surface area contributed by atoms with E-state index in [1.54, 1.807) is 12.1 Å². The molecule has 0 bridgehead atoms. The number of morpholine rings is 1. The van der Waals surface area contributed by atoms with Gasteiger partial charge in [-0.2, -0.15) is 0 Å². The molecule has 2 aliphatic heterocycles. The number of benzene rings is 1. The van der Waals surface area contributed by atoms with Crippen molar-refractivity contribution in [2.75, 3.05) is 31.2 Å². The minimum absolute atomic E-state index is 0.192. The van der Waals surface area contributed by atoms with Crippen molar-refractivity contribution in [2.45, 2.75) is 6.92 Å². The number of carbonyl (C=O) groups excluding carboxylic acids is 1. The van der Waals surface area contributed by atoms with Gasteiger partial charge >= 0.3 is 0 Å². The number of hydrogen-bond donors (Lipinski definition) is 1. The molecule has 0 spiro atoms. The molecule has 2 saturated heterocycles. The average Bonchev–Trinajstić information content (AvgIpc) is 3.26. The number of amides is 1. The number of ether oxygens (including phenoxy) is 1. The molecule has 0 aliphatic carbocycles. The van der Waals surface area contributed by atoms with Crippen molar-refractivity contribution in [2.24, 2.45) is 4.99 Å². The molecule has 1 aromatic heterocycles. The molecule has 27 heavy (non-hydrogen) atoms. The zero-order valence-electron chi connectivity index (χ0n) is 14.7. The van der Waals surface area contributed by atoms with Gasteiger partial charge in [-0.15, -0.1) is 0 Å². The Balaban J connectivity index is 1.51. The summed E-state index contributed by atoms with van der Waals surface area (Å²) < 4.78 is 11.2. The second-order valence-electron chi connectivity index (χ2n) is 6.19. The van der Waals surface area contributed by atoms with Crippen LogP contribution in [-0.2, 0) is 9.53 Å². The van der Waals surface area contributed by atoms with Crippen molar-refractivity contribution in [1.29, 1.82) is 0 Å². The smallest absolute Gasteiger partial charge is 0.264 e. The van der Waals surface area contributed by atoms with Crippen LogP contribution >= 0.6 is 23.4 Å². The molecule has 3 heterocycles. The van der Waals surface area contributed by atoms with Crippen LogP contribution in [0.2, 0.25) is 5.02 Å². The van der Waals surface area contributed by atoms with Crippen LogP contribution in [0.25, 0.3) is 6.08 Å². The molecular weight excluding hydrogens is 386 g/mol. The standard InChI is InChI=1S/C19H18ClN3O3S/c1-12-2-3-13(20)10-15(12)21-19-22-18(24)16(27-19)11-14-4-5-17(26-14)23-6-8-25-9-7-23/h2-5,10-11H,6-9H2,1H3,(H,21,22,24)/b16-11-. The zero-order valence-corrected chi connectivity index (χ0v) is 16.3. The molecule has 0 saturated carbocycles. The summed E-state index contributed by atoms with van der Waals surface area (Å²) in [6, 6.07) is 9.27. The van der Waals surface area contributed by atoms with Crippen LogP contribution in [0, 0.1) is 6.92 Å². The quantitative estimate of drug-likeness (QED) is 0.785. The van der Waals surface area contributed by atoms with Gasteiger partial charge in [-0.05, 0) is 42.4 Å². The van der Waals surface area contributed by atoms with Crippen LogP contribution < -0.4 is 10.2 Å². The molecule has 1 N–H and O–H groups in total. The third-order valence-electron chi connectivity index (χ3n) is 4.25. The van der Waals surface area contributed by atoms with Crippen molar-refractivity contribution in [3.63, 3.8) is 0 Å². The molecule has 6 nitrogen and oxygen atoms in total. The number of aliphatic imine (C=N–C) groups is 1. The maximum absolute atomic E-state index is 12.3. The summed E-state index contributed by atoms with van der Waals surface area (Å²) >= 11 is 7.32.